The smallest absolute Gasteiger partial charge is 0.0408 e. The quantitative estimate of drug-likeness (QED) is 0.716. The van der Waals surface area contributed by atoms with Crippen LogP contribution in [-0.4, -0.2) is 12.6 Å². The molecule has 0 aliphatic carbocycles. The van der Waals surface area contributed by atoms with Crippen LogP contribution in [0.3, 0.4) is 0 Å². The minimum atomic E-state index is 0.509. The topological polar surface area (TPSA) is 12.0 Å². The van der Waals surface area contributed by atoms with E-state index < -0.39 is 0 Å². The van der Waals surface area contributed by atoms with Crippen molar-refractivity contribution in [2.45, 2.75) is 39.2 Å². The maximum absolute atomic E-state index is 6.00. The first kappa shape index (κ1) is 14.3. The van der Waals surface area contributed by atoms with Crippen LogP contribution in [0.15, 0.2) is 36.4 Å². The molecule has 1 atom stereocenters. The Balaban J connectivity index is 2.56. The van der Waals surface area contributed by atoms with Crippen LogP contribution in [0.4, 0.5) is 0 Å². The van der Waals surface area contributed by atoms with Gasteiger partial charge in [0.2, 0.25) is 0 Å². The highest BCUT2D eigenvalue weighted by Crippen LogP contribution is 2.15. The van der Waals surface area contributed by atoms with Crippen LogP contribution in [0.25, 0.3) is 0 Å². The molecule has 0 spiro atoms. The van der Waals surface area contributed by atoms with Crippen molar-refractivity contribution >= 4 is 11.6 Å². The molecule has 1 rings (SSSR count). The molecule has 17 heavy (non-hydrogen) atoms. The lowest BCUT2D eigenvalue weighted by atomic mass is 10.00. The van der Waals surface area contributed by atoms with E-state index in [-0.39, 0.29) is 0 Å². The van der Waals surface area contributed by atoms with Gasteiger partial charge < -0.3 is 5.32 Å². The molecule has 0 aliphatic heterocycles. The lowest BCUT2D eigenvalue weighted by Gasteiger charge is -2.18. The molecule has 0 saturated carbocycles. The highest BCUT2D eigenvalue weighted by molar-refractivity contribution is 6.30. The van der Waals surface area contributed by atoms with Crippen LogP contribution in [0.1, 0.15) is 32.3 Å². The Kier molecular flexibility index (Phi) is 6.31. The lowest BCUT2D eigenvalue weighted by molar-refractivity contribution is 0.490. The van der Waals surface area contributed by atoms with Crippen molar-refractivity contribution in [1.29, 1.82) is 0 Å². The van der Waals surface area contributed by atoms with Crippen molar-refractivity contribution < 1.29 is 0 Å². The predicted octanol–water partition coefficient (Wildman–Crippen LogP) is 4.22. The van der Waals surface area contributed by atoms with Gasteiger partial charge in [-0.05, 0) is 50.4 Å². The predicted molar refractivity (Wildman–Crippen MR) is 76.7 cm³/mol. The largest absolute Gasteiger partial charge is 0.314 e. The van der Waals surface area contributed by atoms with Gasteiger partial charge in [0.25, 0.3) is 0 Å². The number of likely N-dealkylation sites (N-methyl/N-ethyl adjacent to an activating group) is 1. The fourth-order valence-electron chi connectivity index (χ4n) is 1.93. The highest BCUT2D eigenvalue weighted by atomic mass is 35.5. The number of hydrogen-bond donors (Lipinski definition) is 1. The molecule has 1 aromatic carbocycles. The first-order valence-electron chi connectivity index (χ1n) is 6.24. The van der Waals surface area contributed by atoms with E-state index in [1.165, 1.54) is 11.1 Å². The third-order valence-electron chi connectivity index (χ3n) is 2.78. The maximum Gasteiger partial charge on any atom is 0.0408 e. The van der Waals surface area contributed by atoms with Crippen molar-refractivity contribution in [1.82, 2.24) is 5.32 Å². The molecule has 0 fully saturated rings. The minimum absolute atomic E-state index is 0.509. The number of nitrogens with one attached hydrogen (secondary N) is 1. The van der Waals surface area contributed by atoms with E-state index in [1.807, 2.05) is 18.2 Å². The molecule has 0 bridgehead atoms. The van der Waals surface area contributed by atoms with E-state index in [0.29, 0.717) is 6.04 Å². The first-order chi connectivity index (χ1) is 8.11. The summed E-state index contributed by atoms with van der Waals surface area (Å²) in [7, 11) is 0. The van der Waals surface area contributed by atoms with E-state index in [1.54, 1.807) is 0 Å². The fraction of sp³-hybridized carbons (Fsp3) is 0.467. The minimum Gasteiger partial charge on any atom is -0.314 e. The number of halogens is 1. The fourth-order valence-corrected chi connectivity index (χ4v) is 2.15. The van der Waals surface area contributed by atoms with Crippen LogP contribution in [0.2, 0.25) is 5.02 Å². The van der Waals surface area contributed by atoms with Gasteiger partial charge in [-0.25, -0.2) is 0 Å². The van der Waals surface area contributed by atoms with Gasteiger partial charge >= 0.3 is 0 Å². The molecular formula is C15H22ClN. The average molecular weight is 252 g/mol. The van der Waals surface area contributed by atoms with E-state index in [2.05, 4.69) is 31.8 Å². The standard InChI is InChI=1S/C15H22ClN/c1-4-17-15(9-8-12(2)3)11-13-6-5-7-14(16)10-13/h5-7,10,15,17H,2,4,8-9,11H2,1,3H3. The molecule has 0 radical (unpaired) electrons. The number of hydrogen-bond acceptors (Lipinski definition) is 1. The molecule has 94 valence electrons. The van der Waals surface area contributed by atoms with Gasteiger partial charge in [-0.15, -0.1) is 6.58 Å². The van der Waals surface area contributed by atoms with Crippen molar-refractivity contribution in [3.05, 3.63) is 47.0 Å². The summed E-state index contributed by atoms with van der Waals surface area (Å²) in [4.78, 5) is 0. The van der Waals surface area contributed by atoms with Crippen molar-refractivity contribution in [2.75, 3.05) is 6.54 Å². The summed E-state index contributed by atoms with van der Waals surface area (Å²) in [5, 5.41) is 4.34. The normalized spacial score (nSPS) is 12.4. The third-order valence-corrected chi connectivity index (χ3v) is 3.02. The summed E-state index contributed by atoms with van der Waals surface area (Å²) in [6.45, 7) is 9.19. The molecule has 1 nitrogen and oxygen atoms in total. The summed E-state index contributed by atoms with van der Waals surface area (Å²) in [5.41, 5.74) is 2.55. The van der Waals surface area contributed by atoms with Crippen molar-refractivity contribution in [2.24, 2.45) is 0 Å². The Labute approximate surface area is 110 Å². The van der Waals surface area contributed by atoms with E-state index in [4.69, 9.17) is 11.6 Å². The summed E-state index contributed by atoms with van der Waals surface area (Å²) in [6, 6.07) is 8.62. The molecule has 2 heteroatoms. The zero-order valence-corrected chi connectivity index (χ0v) is 11.6. The molecule has 0 aromatic heterocycles. The highest BCUT2D eigenvalue weighted by Gasteiger charge is 2.08. The van der Waals surface area contributed by atoms with Crippen molar-refractivity contribution in [3.8, 4) is 0 Å². The molecule has 1 aromatic rings. The Morgan fingerprint density at radius 1 is 1.47 bits per heavy atom. The van der Waals surface area contributed by atoms with Gasteiger partial charge in [-0.3, -0.25) is 0 Å². The molecule has 0 saturated heterocycles. The lowest BCUT2D eigenvalue weighted by Crippen LogP contribution is -2.30. The van der Waals surface area contributed by atoms with Gasteiger partial charge in [0.15, 0.2) is 0 Å². The second-order valence-corrected chi connectivity index (χ2v) is 5.02. The number of rotatable bonds is 7. The van der Waals surface area contributed by atoms with Gasteiger partial charge in [-0.2, -0.15) is 0 Å². The van der Waals surface area contributed by atoms with E-state index in [0.717, 1.165) is 30.8 Å². The summed E-state index contributed by atoms with van der Waals surface area (Å²) in [6.07, 6.45) is 3.25. The molecule has 0 aliphatic rings. The van der Waals surface area contributed by atoms with Gasteiger partial charge in [0.05, 0.1) is 0 Å². The van der Waals surface area contributed by atoms with Crippen molar-refractivity contribution in [3.63, 3.8) is 0 Å². The van der Waals surface area contributed by atoms with Crippen LogP contribution >= 0.6 is 11.6 Å². The van der Waals surface area contributed by atoms with Crippen LogP contribution in [0, 0.1) is 0 Å². The molecule has 0 heterocycles. The van der Waals surface area contributed by atoms with Gasteiger partial charge in [-0.1, -0.05) is 36.2 Å². The second-order valence-electron chi connectivity index (χ2n) is 4.58. The Morgan fingerprint density at radius 2 is 2.24 bits per heavy atom. The first-order valence-corrected chi connectivity index (χ1v) is 6.61. The van der Waals surface area contributed by atoms with Gasteiger partial charge in [0.1, 0.15) is 0 Å². The summed E-state index contributed by atoms with van der Waals surface area (Å²) >= 11 is 6.00. The monoisotopic (exact) mass is 251 g/mol. The Morgan fingerprint density at radius 3 is 2.82 bits per heavy atom. The van der Waals surface area contributed by atoms with Crippen LogP contribution in [-0.2, 0) is 6.42 Å². The van der Waals surface area contributed by atoms with Crippen LogP contribution < -0.4 is 5.32 Å². The number of allylic oxidation sites excluding steroid dienone is 1. The Bertz CT molecular complexity index is 360. The van der Waals surface area contributed by atoms with Crippen LogP contribution in [0.5, 0.6) is 0 Å². The van der Waals surface area contributed by atoms with E-state index >= 15 is 0 Å². The SMILES string of the molecule is C=C(C)CCC(Cc1cccc(Cl)c1)NCC. The second kappa shape index (κ2) is 7.52. The van der Waals surface area contributed by atoms with Gasteiger partial charge in [0, 0.05) is 11.1 Å². The molecule has 1 N–H and O–H groups in total. The summed E-state index contributed by atoms with van der Waals surface area (Å²) in [5.74, 6) is 0. The summed E-state index contributed by atoms with van der Waals surface area (Å²) < 4.78 is 0. The average Bonchev–Trinajstić information content (AvgIpc) is 2.26. The van der Waals surface area contributed by atoms with E-state index in [9.17, 15) is 0 Å². The molecule has 1 unspecified atom stereocenters. The third kappa shape index (κ3) is 5.90. The Hall–Kier alpha value is -0.790. The zero-order valence-electron chi connectivity index (χ0n) is 10.8. The number of benzene rings is 1. The zero-order chi connectivity index (χ0) is 12.7. The molecular weight excluding hydrogens is 230 g/mol. The maximum atomic E-state index is 6.00. The molecule has 0 amide bonds.